The number of amides is 1. The van der Waals surface area contributed by atoms with Crippen molar-refractivity contribution in [3.05, 3.63) is 40.7 Å². The summed E-state index contributed by atoms with van der Waals surface area (Å²) >= 11 is 5.82. The number of hydrogen-bond acceptors (Lipinski definition) is 4. The van der Waals surface area contributed by atoms with Gasteiger partial charge in [0, 0.05) is 18.7 Å². The van der Waals surface area contributed by atoms with Crippen LogP contribution in [0.25, 0.3) is 0 Å². The second-order valence-corrected chi connectivity index (χ2v) is 6.33. The highest BCUT2D eigenvalue weighted by atomic mass is 35.5. The Morgan fingerprint density at radius 1 is 1.36 bits per heavy atom. The van der Waals surface area contributed by atoms with Gasteiger partial charge in [-0.2, -0.15) is 0 Å². The van der Waals surface area contributed by atoms with Gasteiger partial charge >= 0.3 is 0 Å². The van der Waals surface area contributed by atoms with E-state index in [1.165, 1.54) is 6.20 Å². The Labute approximate surface area is 134 Å². The zero-order chi connectivity index (χ0) is 15.9. The Morgan fingerprint density at radius 2 is 2.14 bits per heavy atom. The molecule has 0 fully saturated rings. The lowest BCUT2D eigenvalue weighted by Crippen LogP contribution is -2.41. The van der Waals surface area contributed by atoms with Gasteiger partial charge in [0.25, 0.3) is 5.91 Å². The number of rotatable bonds is 2. The molecule has 1 atom stereocenters. The van der Waals surface area contributed by atoms with Crippen LogP contribution in [-0.4, -0.2) is 37.1 Å². The van der Waals surface area contributed by atoms with Crippen LogP contribution in [0.4, 0.5) is 0 Å². The third-order valence-corrected chi connectivity index (χ3v) is 4.02. The molecule has 0 saturated carbocycles. The van der Waals surface area contributed by atoms with Crippen molar-refractivity contribution in [2.75, 3.05) is 6.54 Å². The van der Waals surface area contributed by atoms with Crippen molar-refractivity contribution >= 4 is 17.5 Å². The molecule has 0 aromatic carbocycles. The average Bonchev–Trinajstić information content (AvgIpc) is 2.92. The van der Waals surface area contributed by atoms with Crippen LogP contribution in [0.1, 0.15) is 54.9 Å². The molecule has 0 aliphatic carbocycles. The number of nitrogens with zero attached hydrogens (tertiary/aromatic N) is 5. The molecule has 116 valence electrons. The summed E-state index contributed by atoms with van der Waals surface area (Å²) in [6.07, 6.45) is 1.49. The summed E-state index contributed by atoms with van der Waals surface area (Å²) in [6.45, 7) is 7.34. The summed E-state index contributed by atoms with van der Waals surface area (Å²) < 4.78 is 2.14. The molecule has 7 heteroatoms. The first-order valence-electron chi connectivity index (χ1n) is 7.32. The van der Waals surface area contributed by atoms with Crippen LogP contribution in [0, 0.1) is 0 Å². The monoisotopic (exact) mass is 319 g/mol. The smallest absolute Gasteiger partial charge is 0.272 e. The van der Waals surface area contributed by atoms with Crippen molar-refractivity contribution in [3.8, 4) is 0 Å². The fraction of sp³-hybridized carbons (Fsp3) is 0.467. The quantitative estimate of drug-likeness (QED) is 0.853. The van der Waals surface area contributed by atoms with Crippen LogP contribution in [-0.2, 0) is 6.54 Å². The lowest BCUT2D eigenvalue weighted by molar-refractivity contribution is 0.0673. The van der Waals surface area contributed by atoms with Gasteiger partial charge in [0.15, 0.2) is 5.82 Å². The molecule has 0 spiro atoms. The molecule has 2 aromatic rings. The standard InChI is InChI=1S/C15H18ClN5O/c1-9(2)14-19-18-13-8-20(7-10(3)21(13)14)15(22)12-5-4-11(16)6-17-12/h4-6,9-10H,7-8H2,1-3H3/t10-/m0/s1. The van der Waals surface area contributed by atoms with Gasteiger partial charge in [0.05, 0.1) is 17.6 Å². The topological polar surface area (TPSA) is 63.9 Å². The summed E-state index contributed by atoms with van der Waals surface area (Å²) in [7, 11) is 0. The van der Waals surface area contributed by atoms with Crippen molar-refractivity contribution in [2.24, 2.45) is 0 Å². The number of hydrogen-bond donors (Lipinski definition) is 0. The first-order valence-corrected chi connectivity index (χ1v) is 7.69. The Hall–Kier alpha value is -1.95. The lowest BCUT2D eigenvalue weighted by atomic mass is 10.1. The van der Waals surface area contributed by atoms with Gasteiger partial charge in [0.2, 0.25) is 0 Å². The summed E-state index contributed by atoms with van der Waals surface area (Å²) in [5, 5.41) is 9.03. The molecular weight excluding hydrogens is 302 g/mol. The van der Waals surface area contributed by atoms with Crippen molar-refractivity contribution in [3.63, 3.8) is 0 Å². The van der Waals surface area contributed by atoms with E-state index in [-0.39, 0.29) is 11.9 Å². The first kappa shape index (κ1) is 15.0. The molecule has 6 nitrogen and oxygen atoms in total. The number of fused-ring (bicyclic) bond motifs is 1. The van der Waals surface area contributed by atoms with E-state index < -0.39 is 0 Å². The molecule has 3 rings (SSSR count). The predicted octanol–water partition coefficient (Wildman–Crippen LogP) is 2.67. The molecule has 0 N–H and O–H groups in total. The number of halogens is 1. The molecule has 1 aliphatic rings. The van der Waals surface area contributed by atoms with Gasteiger partial charge in [-0.1, -0.05) is 25.4 Å². The van der Waals surface area contributed by atoms with Crippen molar-refractivity contribution in [1.82, 2.24) is 24.6 Å². The van der Waals surface area contributed by atoms with Gasteiger partial charge < -0.3 is 9.47 Å². The van der Waals surface area contributed by atoms with E-state index in [9.17, 15) is 4.79 Å². The largest absolute Gasteiger partial charge is 0.328 e. The Morgan fingerprint density at radius 3 is 2.77 bits per heavy atom. The Bertz CT molecular complexity index is 694. The second-order valence-electron chi connectivity index (χ2n) is 5.90. The molecule has 0 unspecified atom stereocenters. The Kier molecular flexibility index (Phi) is 3.87. The van der Waals surface area contributed by atoms with Crippen molar-refractivity contribution < 1.29 is 4.79 Å². The van der Waals surface area contributed by atoms with Gasteiger partial charge in [-0.15, -0.1) is 10.2 Å². The maximum absolute atomic E-state index is 12.6. The first-order chi connectivity index (χ1) is 10.5. The zero-order valence-corrected chi connectivity index (χ0v) is 13.6. The molecular formula is C15H18ClN5O. The van der Waals surface area contributed by atoms with E-state index >= 15 is 0 Å². The van der Waals surface area contributed by atoms with E-state index in [1.54, 1.807) is 17.0 Å². The van der Waals surface area contributed by atoms with Gasteiger partial charge in [0.1, 0.15) is 11.5 Å². The molecule has 1 amide bonds. The molecule has 2 aromatic heterocycles. The summed E-state index contributed by atoms with van der Waals surface area (Å²) in [6, 6.07) is 3.47. The fourth-order valence-corrected chi connectivity index (χ4v) is 2.89. The minimum absolute atomic E-state index is 0.108. The molecule has 1 aliphatic heterocycles. The SMILES string of the molecule is CC(C)c1nnc2n1[C@@H](C)CN(C(=O)c1ccc(Cl)cn1)C2. The van der Waals surface area contributed by atoms with Crippen LogP contribution in [0.15, 0.2) is 18.3 Å². The van der Waals surface area contributed by atoms with E-state index in [1.807, 2.05) is 0 Å². The van der Waals surface area contributed by atoms with Crippen molar-refractivity contribution in [2.45, 2.75) is 39.3 Å². The summed E-state index contributed by atoms with van der Waals surface area (Å²) in [5.74, 6) is 2.00. The number of carbonyl (C=O) groups is 1. The minimum atomic E-state index is -0.108. The number of pyridine rings is 1. The maximum atomic E-state index is 12.6. The molecule has 0 bridgehead atoms. The van der Waals surface area contributed by atoms with Crippen molar-refractivity contribution in [1.29, 1.82) is 0 Å². The van der Waals surface area contributed by atoms with Crippen LogP contribution < -0.4 is 0 Å². The van der Waals surface area contributed by atoms with E-state index in [0.29, 0.717) is 29.7 Å². The lowest BCUT2D eigenvalue weighted by Gasteiger charge is -2.32. The third-order valence-electron chi connectivity index (χ3n) is 3.80. The summed E-state index contributed by atoms with van der Waals surface area (Å²) in [5.41, 5.74) is 0.397. The second kappa shape index (κ2) is 5.68. The van der Waals surface area contributed by atoms with E-state index in [2.05, 4.69) is 40.5 Å². The Balaban J connectivity index is 1.86. The average molecular weight is 320 g/mol. The van der Waals surface area contributed by atoms with Crippen LogP contribution in [0.5, 0.6) is 0 Å². The summed E-state index contributed by atoms with van der Waals surface area (Å²) in [4.78, 5) is 18.4. The highest BCUT2D eigenvalue weighted by molar-refractivity contribution is 6.30. The number of carbonyl (C=O) groups excluding carboxylic acids is 1. The molecule has 3 heterocycles. The van der Waals surface area contributed by atoms with Gasteiger partial charge in [-0.05, 0) is 19.1 Å². The molecule has 0 radical (unpaired) electrons. The third kappa shape index (κ3) is 2.59. The van der Waals surface area contributed by atoms with E-state index in [4.69, 9.17) is 11.6 Å². The predicted molar refractivity (Wildman–Crippen MR) is 82.8 cm³/mol. The van der Waals surface area contributed by atoms with Gasteiger partial charge in [-0.25, -0.2) is 4.98 Å². The molecule has 0 saturated heterocycles. The van der Waals surface area contributed by atoms with Crippen LogP contribution >= 0.6 is 11.6 Å². The zero-order valence-electron chi connectivity index (χ0n) is 12.8. The highest BCUT2D eigenvalue weighted by Crippen LogP contribution is 2.25. The maximum Gasteiger partial charge on any atom is 0.272 e. The van der Waals surface area contributed by atoms with Gasteiger partial charge in [-0.3, -0.25) is 4.79 Å². The fourth-order valence-electron chi connectivity index (χ4n) is 2.77. The minimum Gasteiger partial charge on any atom is -0.328 e. The van der Waals surface area contributed by atoms with Crippen LogP contribution in [0.2, 0.25) is 5.02 Å². The number of aromatic nitrogens is 4. The highest BCUT2D eigenvalue weighted by Gasteiger charge is 2.30. The normalized spacial score (nSPS) is 17.7. The van der Waals surface area contributed by atoms with Crippen LogP contribution in [0.3, 0.4) is 0 Å². The molecule has 22 heavy (non-hydrogen) atoms. The van der Waals surface area contributed by atoms with E-state index in [0.717, 1.165) is 11.6 Å².